The van der Waals surface area contributed by atoms with Gasteiger partial charge < -0.3 is 10.4 Å². The molecule has 0 spiro atoms. The molecule has 21 heavy (non-hydrogen) atoms. The Balaban J connectivity index is 2.91. The fraction of sp³-hybridized carbons (Fsp3) is 0.333. The van der Waals surface area contributed by atoms with Gasteiger partial charge in [-0.05, 0) is 54.6 Å². The van der Waals surface area contributed by atoms with E-state index in [1.54, 1.807) is 36.4 Å². The SMILES string of the molecule is CC(C)NC(=O)CNS(=O)(=O)c1ccc(I)c(C(=O)O)c1. The predicted octanol–water partition coefficient (Wildman–Crippen LogP) is 0.792. The van der Waals surface area contributed by atoms with Gasteiger partial charge in [-0.25, -0.2) is 17.9 Å². The molecule has 0 saturated heterocycles. The molecule has 0 aliphatic heterocycles. The van der Waals surface area contributed by atoms with E-state index in [0.29, 0.717) is 3.57 Å². The average Bonchev–Trinajstić information content (AvgIpc) is 2.35. The molecule has 0 unspecified atom stereocenters. The van der Waals surface area contributed by atoms with Crippen molar-refractivity contribution in [1.29, 1.82) is 0 Å². The van der Waals surface area contributed by atoms with E-state index in [-0.39, 0.29) is 16.5 Å². The smallest absolute Gasteiger partial charge is 0.336 e. The van der Waals surface area contributed by atoms with Crippen molar-refractivity contribution in [1.82, 2.24) is 10.0 Å². The molecule has 1 aromatic rings. The lowest BCUT2D eigenvalue weighted by Gasteiger charge is -2.10. The van der Waals surface area contributed by atoms with Crippen molar-refractivity contribution >= 4 is 44.5 Å². The second kappa shape index (κ2) is 7.18. The first-order valence-electron chi connectivity index (χ1n) is 5.95. The van der Waals surface area contributed by atoms with E-state index in [2.05, 4.69) is 10.0 Å². The van der Waals surface area contributed by atoms with E-state index >= 15 is 0 Å². The minimum atomic E-state index is -3.94. The van der Waals surface area contributed by atoms with Gasteiger partial charge in [-0.3, -0.25) is 4.79 Å². The van der Waals surface area contributed by atoms with Crippen LogP contribution in [0.25, 0.3) is 0 Å². The van der Waals surface area contributed by atoms with Crippen LogP contribution < -0.4 is 10.0 Å². The summed E-state index contributed by atoms with van der Waals surface area (Å²) in [6, 6.07) is 3.65. The van der Waals surface area contributed by atoms with Gasteiger partial charge in [0.15, 0.2) is 0 Å². The van der Waals surface area contributed by atoms with Crippen molar-refractivity contribution in [2.45, 2.75) is 24.8 Å². The number of halogens is 1. The molecule has 0 bridgehead atoms. The third-order valence-corrected chi connectivity index (χ3v) is 4.69. The van der Waals surface area contributed by atoms with E-state index in [1.165, 1.54) is 12.1 Å². The molecule has 0 aromatic heterocycles. The number of hydrogen-bond acceptors (Lipinski definition) is 4. The highest BCUT2D eigenvalue weighted by molar-refractivity contribution is 14.1. The van der Waals surface area contributed by atoms with Crippen molar-refractivity contribution in [3.8, 4) is 0 Å². The molecule has 116 valence electrons. The van der Waals surface area contributed by atoms with Crippen molar-refractivity contribution in [3.63, 3.8) is 0 Å². The quantitative estimate of drug-likeness (QED) is 0.583. The Kier molecular flexibility index (Phi) is 6.10. The van der Waals surface area contributed by atoms with Gasteiger partial charge in [-0.15, -0.1) is 0 Å². The first-order valence-corrected chi connectivity index (χ1v) is 8.51. The highest BCUT2D eigenvalue weighted by Gasteiger charge is 2.19. The van der Waals surface area contributed by atoms with Gasteiger partial charge >= 0.3 is 5.97 Å². The fourth-order valence-corrected chi connectivity index (χ4v) is 3.03. The number of rotatable bonds is 6. The summed E-state index contributed by atoms with van der Waals surface area (Å²) in [5, 5.41) is 11.5. The Morgan fingerprint density at radius 3 is 2.48 bits per heavy atom. The van der Waals surface area contributed by atoms with Crippen molar-refractivity contribution in [2.75, 3.05) is 6.54 Å². The standard InChI is InChI=1S/C12H15IN2O5S/c1-7(2)15-11(16)6-14-21(19,20)8-3-4-10(13)9(5-8)12(17)18/h3-5,7,14H,6H2,1-2H3,(H,15,16)(H,17,18). The molecule has 9 heteroatoms. The Morgan fingerprint density at radius 2 is 1.95 bits per heavy atom. The number of nitrogens with one attached hydrogen (secondary N) is 2. The molecular weight excluding hydrogens is 411 g/mol. The minimum Gasteiger partial charge on any atom is -0.478 e. The van der Waals surface area contributed by atoms with E-state index in [0.717, 1.165) is 6.07 Å². The topological polar surface area (TPSA) is 113 Å². The first kappa shape index (κ1) is 17.9. The summed E-state index contributed by atoms with van der Waals surface area (Å²) in [5.41, 5.74) is -0.106. The van der Waals surface area contributed by atoms with Gasteiger partial charge in [0.05, 0.1) is 17.0 Å². The van der Waals surface area contributed by atoms with Crippen LogP contribution in [0.15, 0.2) is 23.1 Å². The Bertz CT molecular complexity index is 658. The number of hydrogen-bond donors (Lipinski definition) is 3. The maximum atomic E-state index is 12.0. The van der Waals surface area contributed by atoms with Crippen LogP contribution in [0.3, 0.4) is 0 Å². The third-order valence-electron chi connectivity index (χ3n) is 2.35. The van der Waals surface area contributed by atoms with Crippen LogP contribution in [0, 0.1) is 3.57 Å². The van der Waals surface area contributed by atoms with Crippen LogP contribution in [0.2, 0.25) is 0 Å². The summed E-state index contributed by atoms with van der Waals surface area (Å²) in [7, 11) is -3.94. The summed E-state index contributed by atoms with van der Waals surface area (Å²) in [6.07, 6.45) is 0. The summed E-state index contributed by atoms with van der Waals surface area (Å²) in [5.74, 6) is -1.67. The van der Waals surface area contributed by atoms with E-state index in [4.69, 9.17) is 5.11 Å². The molecule has 0 fully saturated rings. The second-order valence-electron chi connectivity index (χ2n) is 4.49. The lowest BCUT2D eigenvalue weighted by molar-refractivity contribution is -0.120. The van der Waals surface area contributed by atoms with Crippen LogP contribution in [0.4, 0.5) is 0 Å². The van der Waals surface area contributed by atoms with Crippen molar-refractivity contribution in [2.24, 2.45) is 0 Å². The van der Waals surface area contributed by atoms with Gasteiger partial charge in [0, 0.05) is 9.61 Å². The lowest BCUT2D eigenvalue weighted by Crippen LogP contribution is -2.39. The second-order valence-corrected chi connectivity index (χ2v) is 7.42. The van der Waals surface area contributed by atoms with E-state index < -0.39 is 28.4 Å². The molecular formula is C12H15IN2O5S. The zero-order valence-electron chi connectivity index (χ0n) is 11.4. The zero-order valence-corrected chi connectivity index (χ0v) is 14.4. The number of amides is 1. The summed E-state index contributed by atoms with van der Waals surface area (Å²) in [4.78, 5) is 22.2. The number of carboxylic acids is 1. The number of carbonyl (C=O) groups is 2. The van der Waals surface area contributed by atoms with Crippen molar-refractivity contribution in [3.05, 3.63) is 27.3 Å². The summed E-state index contributed by atoms with van der Waals surface area (Å²) in [6.45, 7) is 3.10. The number of aromatic carboxylic acids is 1. The molecule has 3 N–H and O–H groups in total. The normalized spacial score (nSPS) is 11.4. The summed E-state index contributed by atoms with van der Waals surface area (Å²) >= 11 is 1.81. The molecule has 0 radical (unpaired) electrons. The maximum Gasteiger partial charge on any atom is 0.336 e. The molecule has 1 amide bonds. The molecule has 0 aliphatic carbocycles. The Morgan fingerprint density at radius 1 is 1.33 bits per heavy atom. The van der Waals surface area contributed by atoms with Crippen LogP contribution in [-0.2, 0) is 14.8 Å². The van der Waals surface area contributed by atoms with Gasteiger partial charge in [0.2, 0.25) is 15.9 Å². The predicted molar refractivity (Wildman–Crippen MR) is 84.6 cm³/mol. The average molecular weight is 426 g/mol. The number of carboxylic acid groups (broad SMARTS) is 1. The van der Waals surface area contributed by atoms with Gasteiger partial charge in [0.25, 0.3) is 0 Å². The van der Waals surface area contributed by atoms with E-state index in [1.807, 2.05) is 0 Å². The number of carbonyl (C=O) groups excluding carboxylic acids is 1. The fourth-order valence-electron chi connectivity index (χ4n) is 1.45. The Labute approximate surface area is 136 Å². The third kappa shape index (κ3) is 5.25. The van der Waals surface area contributed by atoms with Gasteiger partial charge in [0.1, 0.15) is 0 Å². The molecule has 1 aromatic carbocycles. The molecule has 1 rings (SSSR count). The first-order chi connectivity index (χ1) is 9.63. The van der Waals surface area contributed by atoms with E-state index in [9.17, 15) is 18.0 Å². The highest BCUT2D eigenvalue weighted by atomic mass is 127. The monoisotopic (exact) mass is 426 g/mol. The van der Waals surface area contributed by atoms with Gasteiger partial charge in [-0.1, -0.05) is 0 Å². The van der Waals surface area contributed by atoms with Crippen LogP contribution in [0.5, 0.6) is 0 Å². The molecule has 0 atom stereocenters. The number of sulfonamides is 1. The molecule has 0 heterocycles. The highest BCUT2D eigenvalue weighted by Crippen LogP contribution is 2.17. The zero-order chi connectivity index (χ0) is 16.2. The lowest BCUT2D eigenvalue weighted by atomic mass is 10.2. The maximum absolute atomic E-state index is 12.0. The minimum absolute atomic E-state index is 0.0982. The summed E-state index contributed by atoms with van der Waals surface area (Å²) < 4.78 is 26.6. The van der Waals surface area contributed by atoms with Crippen LogP contribution in [-0.4, -0.2) is 38.0 Å². The molecule has 0 aliphatic rings. The molecule has 7 nitrogen and oxygen atoms in total. The van der Waals surface area contributed by atoms with Crippen molar-refractivity contribution < 1.29 is 23.1 Å². The Hall–Kier alpha value is -1.20. The van der Waals surface area contributed by atoms with Crippen LogP contribution >= 0.6 is 22.6 Å². The molecule has 0 saturated carbocycles. The van der Waals surface area contributed by atoms with Crippen LogP contribution in [0.1, 0.15) is 24.2 Å². The number of benzene rings is 1. The van der Waals surface area contributed by atoms with Gasteiger partial charge in [-0.2, -0.15) is 0 Å². The largest absolute Gasteiger partial charge is 0.478 e.